The summed E-state index contributed by atoms with van der Waals surface area (Å²) in [6.07, 6.45) is 17.1. The predicted octanol–water partition coefficient (Wildman–Crippen LogP) is 3.43. The molecule has 0 aromatic carbocycles. The molecule has 0 fully saturated rings. The van der Waals surface area contributed by atoms with E-state index in [2.05, 4.69) is 24.3 Å². The van der Waals surface area contributed by atoms with Crippen LogP contribution in [0, 0.1) is 0 Å². The molecule has 0 bridgehead atoms. The first-order valence-corrected chi connectivity index (χ1v) is 4.78. The molecular formula is C12H18O. The van der Waals surface area contributed by atoms with E-state index in [9.17, 15) is 4.79 Å². The topological polar surface area (TPSA) is 17.1 Å². The van der Waals surface area contributed by atoms with Gasteiger partial charge in [-0.15, -0.1) is 0 Å². The maximum atomic E-state index is 9.90. The van der Waals surface area contributed by atoms with Crippen LogP contribution in [0.15, 0.2) is 36.5 Å². The molecule has 0 saturated heterocycles. The summed E-state index contributed by atoms with van der Waals surface area (Å²) < 4.78 is 0. The van der Waals surface area contributed by atoms with Gasteiger partial charge in [0.25, 0.3) is 0 Å². The molecule has 13 heavy (non-hydrogen) atoms. The molecule has 72 valence electrons. The number of unbranched alkanes of at least 4 members (excludes halogenated alkanes) is 2. The summed E-state index contributed by atoms with van der Waals surface area (Å²) in [7, 11) is 0. The van der Waals surface area contributed by atoms with Crippen molar-refractivity contribution in [3.05, 3.63) is 36.5 Å². The van der Waals surface area contributed by atoms with Gasteiger partial charge in [-0.05, 0) is 38.7 Å². The maximum Gasteiger partial charge on any atom is 0.142 e. The van der Waals surface area contributed by atoms with E-state index in [-0.39, 0.29) is 0 Å². The second kappa shape index (κ2) is 10.9. The highest BCUT2D eigenvalue weighted by molar-refractivity contribution is 5.64. The normalized spacial score (nSPS) is 12.1. The fourth-order valence-electron chi connectivity index (χ4n) is 0.939. The minimum atomic E-state index is 0.815. The van der Waals surface area contributed by atoms with Crippen LogP contribution in [0.1, 0.15) is 32.6 Å². The molecule has 0 N–H and O–H groups in total. The first kappa shape index (κ1) is 11.9. The average Bonchev–Trinajstić information content (AvgIpc) is 2.16. The number of aldehydes is 1. The van der Waals surface area contributed by atoms with E-state index in [0.717, 1.165) is 32.0 Å². The van der Waals surface area contributed by atoms with Crippen molar-refractivity contribution in [2.75, 3.05) is 0 Å². The van der Waals surface area contributed by atoms with Crippen LogP contribution in [0.4, 0.5) is 0 Å². The molecule has 0 radical (unpaired) electrons. The number of carbonyl (C=O) groups is 1. The minimum absolute atomic E-state index is 0.815. The Balaban J connectivity index is 3.21. The van der Waals surface area contributed by atoms with Crippen molar-refractivity contribution < 1.29 is 4.79 Å². The fraction of sp³-hybridized carbons (Fsp3) is 0.417. The second-order valence-corrected chi connectivity index (χ2v) is 2.76. The van der Waals surface area contributed by atoms with Crippen molar-refractivity contribution in [3.8, 4) is 0 Å². The molecule has 1 nitrogen and oxygen atoms in total. The van der Waals surface area contributed by atoms with Crippen molar-refractivity contribution in [2.24, 2.45) is 0 Å². The summed E-state index contributed by atoms with van der Waals surface area (Å²) in [6.45, 7) is 2.04. The molecule has 0 heterocycles. The second-order valence-electron chi connectivity index (χ2n) is 2.76. The Morgan fingerprint density at radius 1 is 0.846 bits per heavy atom. The molecule has 0 aromatic rings. The Morgan fingerprint density at radius 2 is 1.38 bits per heavy atom. The van der Waals surface area contributed by atoms with Crippen LogP contribution in [0.5, 0.6) is 0 Å². The average molecular weight is 178 g/mol. The van der Waals surface area contributed by atoms with E-state index in [1.54, 1.807) is 6.08 Å². The number of rotatable bonds is 7. The maximum absolute atomic E-state index is 9.90. The molecule has 0 atom stereocenters. The highest BCUT2D eigenvalue weighted by Gasteiger charge is 1.77. The summed E-state index contributed by atoms with van der Waals surface area (Å²) in [4.78, 5) is 9.90. The van der Waals surface area contributed by atoms with Gasteiger partial charge in [0, 0.05) is 0 Å². The zero-order valence-electron chi connectivity index (χ0n) is 8.28. The monoisotopic (exact) mass is 178 g/mol. The Kier molecular flexibility index (Phi) is 9.96. The quantitative estimate of drug-likeness (QED) is 0.252. The Labute approximate surface area is 80.8 Å². The SMILES string of the molecule is CC=CCCC=CCCC=CC=O. The number of carbonyl (C=O) groups excluding carboxylic acids is 1. The smallest absolute Gasteiger partial charge is 0.142 e. The largest absolute Gasteiger partial charge is 0.299 e. The molecule has 0 spiro atoms. The van der Waals surface area contributed by atoms with Crippen molar-refractivity contribution in [2.45, 2.75) is 32.6 Å². The van der Waals surface area contributed by atoms with E-state index in [1.165, 1.54) is 0 Å². The third-order valence-electron chi connectivity index (χ3n) is 1.62. The summed E-state index contributed by atoms with van der Waals surface area (Å²) in [6, 6.07) is 0. The van der Waals surface area contributed by atoms with Crippen LogP contribution in [0.25, 0.3) is 0 Å². The van der Waals surface area contributed by atoms with E-state index in [1.807, 2.05) is 13.0 Å². The van der Waals surface area contributed by atoms with Gasteiger partial charge in [-0.1, -0.05) is 30.4 Å². The van der Waals surface area contributed by atoms with Crippen molar-refractivity contribution in [1.29, 1.82) is 0 Å². The van der Waals surface area contributed by atoms with Gasteiger partial charge in [0.15, 0.2) is 0 Å². The minimum Gasteiger partial charge on any atom is -0.299 e. The summed E-state index contributed by atoms with van der Waals surface area (Å²) >= 11 is 0. The summed E-state index contributed by atoms with van der Waals surface area (Å²) in [5.41, 5.74) is 0. The number of hydrogen-bond donors (Lipinski definition) is 0. The molecule has 0 aliphatic rings. The van der Waals surface area contributed by atoms with Gasteiger partial charge >= 0.3 is 0 Å². The van der Waals surface area contributed by atoms with Crippen LogP contribution < -0.4 is 0 Å². The van der Waals surface area contributed by atoms with Gasteiger partial charge in [0.1, 0.15) is 6.29 Å². The van der Waals surface area contributed by atoms with Crippen molar-refractivity contribution in [3.63, 3.8) is 0 Å². The molecule has 0 rings (SSSR count). The van der Waals surface area contributed by atoms with Crippen LogP contribution >= 0.6 is 0 Å². The van der Waals surface area contributed by atoms with E-state index in [4.69, 9.17) is 0 Å². The zero-order chi connectivity index (χ0) is 9.78. The summed E-state index contributed by atoms with van der Waals surface area (Å²) in [5.74, 6) is 0. The van der Waals surface area contributed by atoms with E-state index < -0.39 is 0 Å². The van der Waals surface area contributed by atoms with Gasteiger partial charge in [0.05, 0.1) is 0 Å². The lowest BCUT2D eigenvalue weighted by Gasteiger charge is -1.87. The lowest BCUT2D eigenvalue weighted by molar-refractivity contribution is -0.104. The van der Waals surface area contributed by atoms with Crippen LogP contribution in [0.3, 0.4) is 0 Å². The highest BCUT2D eigenvalue weighted by Crippen LogP contribution is 1.97. The van der Waals surface area contributed by atoms with Crippen LogP contribution in [-0.4, -0.2) is 6.29 Å². The van der Waals surface area contributed by atoms with E-state index >= 15 is 0 Å². The van der Waals surface area contributed by atoms with Gasteiger partial charge in [-0.2, -0.15) is 0 Å². The molecule has 0 aliphatic heterocycles. The Morgan fingerprint density at radius 3 is 1.92 bits per heavy atom. The lowest BCUT2D eigenvalue weighted by atomic mass is 10.2. The molecule has 0 saturated carbocycles. The zero-order valence-corrected chi connectivity index (χ0v) is 8.28. The van der Waals surface area contributed by atoms with Gasteiger partial charge in [-0.3, -0.25) is 4.79 Å². The van der Waals surface area contributed by atoms with Crippen LogP contribution in [0.2, 0.25) is 0 Å². The van der Waals surface area contributed by atoms with Gasteiger partial charge < -0.3 is 0 Å². The predicted molar refractivity (Wildman–Crippen MR) is 57.6 cm³/mol. The molecule has 0 aromatic heterocycles. The third kappa shape index (κ3) is 10.9. The lowest BCUT2D eigenvalue weighted by Crippen LogP contribution is -1.68. The molecular weight excluding hydrogens is 160 g/mol. The first-order valence-electron chi connectivity index (χ1n) is 4.78. The number of allylic oxidation sites excluding steroid dienone is 6. The Bertz CT molecular complexity index is 187. The van der Waals surface area contributed by atoms with Gasteiger partial charge in [-0.25, -0.2) is 0 Å². The standard InChI is InChI=1S/C12H18O/c1-2-3-4-5-6-7-8-9-10-11-12-13/h2-3,6-7,10-12H,4-5,8-9H2,1H3. The highest BCUT2D eigenvalue weighted by atomic mass is 16.1. The fourth-order valence-corrected chi connectivity index (χ4v) is 0.939. The molecule has 0 unspecified atom stereocenters. The third-order valence-corrected chi connectivity index (χ3v) is 1.62. The van der Waals surface area contributed by atoms with Gasteiger partial charge in [0.2, 0.25) is 0 Å². The molecule has 0 aliphatic carbocycles. The molecule has 0 amide bonds. The Hall–Kier alpha value is -1.11. The first-order chi connectivity index (χ1) is 6.41. The van der Waals surface area contributed by atoms with E-state index in [0.29, 0.717) is 0 Å². The van der Waals surface area contributed by atoms with Crippen LogP contribution in [-0.2, 0) is 4.79 Å². The van der Waals surface area contributed by atoms with Crippen molar-refractivity contribution >= 4 is 6.29 Å². The summed E-state index contributed by atoms with van der Waals surface area (Å²) in [5, 5.41) is 0. The molecule has 1 heteroatoms. The van der Waals surface area contributed by atoms with Crippen molar-refractivity contribution in [1.82, 2.24) is 0 Å². The number of hydrogen-bond acceptors (Lipinski definition) is 1.